The first kappa shape index (κ1) is 10.4. The molecule has 0 spiro atoms. The predicted molar refractivity (Wildman–Crippen MR) is 49.2 cm³/mol. The normalized spacial score (nSPS) is 9.57. The standard InChI is InChI=1S/C9H12N2O3/c1-3-13-8-6-10-7(5-11-8)9(12)14-4-2/h5-6H,3-4H2,1-2H3. The molecule has 5 heteroatoms. The summed E-state index contributed by atoms with van der Waals surface area (Å²) in [7, 11) is 0. The van der Waals surface area contributed by atoms with E-state index in [1.54, 1.807) is 6.92 Å². The topological polar surface area (TPSA) is 61.3 Å². The van der Waals surface area contributed by atoms with E-state index in [-0.39, 0.29) is 5.69 Å². The van der Waals surface area contributed by atoms with Crippen LogP contribution in [0, 0.1) is 0 Å². The first-order chi connectivity index (χ1) is 6.77. The molecule has 76 valence electrons. The lowest BCUT2D eigenvalue weighted by Gasteiger charge is -2.02. The Morgan fingerprint density at radius 2 is 2.07 bits per heavy atom. The van der Waals surface area contributed by atoms with Crippen LogP contribution in [0.15, 0.2) is 12.4 Å². The minimum atomic E-state index is -0.469. The molecule has 1 heterocycles. The van der Waals surface area contributed by atoms with Gasteiger partial charge in [-0.2, -0.15) is 0 Å². The van der Waals surface area contributed by atoms with Crippen molar-refractivity contribution in [1.82, 2.24) is 9.97 Å². The lowest BCUT2D eigenvalue weighted by atomic mass is 10.4. The number of esters is 1. The Hall–Kier alpha value is -1.65. The van der Waals surface area contributed by atoms with E-state index in [1.807, 2.05) is 6.92 Å². The molecule has 1 aromatic rings. The van der Waals surface area contributed by atoms with Gasteiger partial charge in [-0.15, -0.1) is 0 Å². The largest absolute Gasteiger partial charge is 0.477 e. The van der Waals surface area contributed by atoms with Crippen LogP contribution in [0.25, 0.3) is 0 Å². The van der Waals surface area contributed by atoms with Crippen LogP contribution in [-0.4, -0.2) is 29.2 Å². The second-order valence-electron chi connectivity index (χ2n) is 2.39. The highest BCUT2D eigenvalue weighted by atomic mass is 16.5. The summed E-state index contributed by atoms with van der Waals surface area (Å²) in [5.41, 5.74) is 0.190. The second-order valence-corrected chi connectivity index (χ2v) is 2.39. The van der Waals surface area contributed by atoms with E-state index in [0.717, 1.165) is 0 Å². The van der Waals surface area contributed by atoms with Crippen molar-refractivity contribution in [2.45, 2.75) is 13.8 Å². The monoisotopic (exact) mass is 196 g/mol. The van der Waals surface area contributed by atoms with Crippen molar-refractivity contribution in [3.05, 3.63) is 18.1 Å². The van der Waals surface area contributed by atoms with Crippen LogP contribution in [0.4, 0.5) is 0 Å². The Balaban J connectivity index is 2.67. The molecule has 5 nitrogen and oxygen atoms in total. The molecule has 1 rings (SSSR count). The van der Waals surface area contributed by atoms with E-state index >= 15 is 0 Å². The number of hydrogen-bond acceptors (Lipinski definition) is 5. The molecule has 0 saturated carbocycles. The third-order valence-electron chi connectivity index (χ3n) is 1.40. The van der Waals surface area contributed by atoms with Crippen molar-refractivity contribution in [2.75, 3.05) is 13.2 Å². The maximum atomic E-state index is 11.1. The van der Waals surface area contributed by atoms with Crippen molar-refractivity contribution in [3.63, 3.8) is 0 Å². The SMILES string of the molecule is CCOC(=O)c1cnc(OCC)cn1. The Labute approximate surface area is 82.1 Å². The summed E-state index contributed by atoms with van der Waals surface area (Å²) in [5.74, 6) is -0.0661. The van der Waals surface area contributed by atoms with Crippen LogP contribution >= 0.6 is 0 Å². The minimum Gasteiger partial charge on any atom is -0.477 e. The van der Waals surface area contributed by atoms with E-state index < -0.39 is 5.97 Å². The summed E-state index contributed by atoms with van der Waals surface area (Å²) in [5, 5.41) is 0. The third kappa shape index (κ3) is 2.69. The van der Waals surface area contributed by atoms with E-state index in [0.29, 0.717) is 19.1 Å². The van der Waals surface area contributed by atoms with E-state index in [1.165, 1.54) is 12.4 Å². The second kappa shape index (κ2) is 5.16. The van der Waals surface area contributed by atoms with Crippen molar-refractivity contribution >= 4 is 5.97 Å². The van der Waals surface area contributed by atoms with Crippen LogP contribution in [0.1, 0.15) is 24.3 Å². The van der Waals surface area contributed by atoms with Crippen LogP contribution in [-0.2, 0) is 4.74 Å². The molecular weight excluding hydrogens is 184 g/mol. The smallest absolute Gasteiger partial charge is 0.358 e. The molecule has 0 fully saturated rings. The zero-order valence-electron chi connectivity index (χ0n) is 8.19. The van der Waals surface area contributed by atoms with Crippen LogP contribution in [0.3, 0.4) is 0 Å². The Morgan fingerprint density at radius 1 is 1.29 bits per heavy atom. The summed E-state index contributed by atoms with van der Waals surface area (Å²) in [6.45, 7) is 4.43. The van der Waals surface area contributed by atoms with Crippen molar-refractivity contribution in [1.29, 1.82) is 0 Å². The summed E-state index contributed by atoms with van der Waals surface area (Å²) in [4.78, 5) is 18.9. The summed E-state index contributed by atoms with van der Waals surface area (Å²) in [6.07, 6.45) is 2.73. The first-order valence-corrected chi connectivity index (χ1v) is 4.39. The Kier molecular flexibility index (Phi) is 3.84. The first-order valence-electron chi connectivity index (χ1n) is 4.39. The molecule has 0 aliphatic carbocycles. The zero-order chi connectivity index (χ0) is 10.4. The molecule has 0 bridgehead atoms. The molecule has 0 aliphatic rings. The molecule has 0 unspecified atom stereocenters. The van der Waals surface area contributed by atoms with E-state index in [4.69, 9.17) is 9.47 Å². The van der Waals surface area contributed by atoms with Crippen molar-refractivity contribution in [2.24, 2.45) is 0 Å². The predicted octanol–water partition coefficient (Wildman–Crippen LogP) is 1.05. The van der Waals surface area contributed by atoms with Gasteiger partial charge in [0.05, 0.1) is 25.6 Å². The van der Waals surface area contributed by atoms with Gasteiger partial charge in [0, 0.05) is 0 Å². The average Bonchev–Trinajstić information content (AvgIpc) is 2.20. The molecule has 14 heavy (non-hydrogen) atoms. The molecule has 0 amide bonds. The van der Waals surface area contributed by atoms with Crippen molar-refractivity contribution in [3.8, 4) is 5.88 Å². The van der Waals surface area contributed by atoms with Gasteiger partial charge in [0.2, 0.25) is 5.88 Å². The maximum absolute atomic E-state index is 11.1. The number of ether oxygens (including phenoxy) is 2. The number of hydrogen-bond donors (Lipinski definition) is 0. The minimum absolute atomic E-state index is 0.190. The Bertz CT molecular complexity index is 297. The van der Waals surface area contributed by atoms with Gasteiger partial charge in [0.25, 0.3) is 0 Å². The fraction of sp³-hybridized carbons (Fsp3) is 0.444. The quantitative estimate of drug-likeness (QED) is 0.673. The van der Waals surface area contributed by atoms with Gasteiger partial charge >= 0.3 is 5.97 Å². The van der Waals surface area contributed by atoms with Crippen LogP contribution in [0.2, 0.25) is 0 Å². The van der Waals surface area contributed by atoms with Gasteiger partial charge in [0.15, 0.2) is 5.69 Å². The van der Waals surface area contributed by atoms with Gasteiger partial charge in [-0.1, -0.05) is 0 Å². The zero-order valence-corrected chi connectivity index (χ0v) is 8.19. The molecule has 0 N–H and O–H groups in total. The molecule has 0 radical (unpaired) electrons. The lowest BCUT2D eigenvalue weighted by molar-refractivity contribution is 0.0518. The lowest BCUT2D eigenvalue weighted by Crippen LogP contribution is -2.08. The highest BCUT2D eigenvalue weighted by Crippen LogP contribution is 2.04. The Morgan fingerprint density at radius 3 is 2.57 bits per heavy atom. The number of aromatic nitrogens is 2. The highest BCUT2D eigenvalue weighted by molar-refractivity contribution is 5.86. The fourth-order valence-corrected chi connectivity index (χ4v) is 0.849. The summed E-state index contributed by atoms with van der Waals surface area (Å²) >= 11 is 0. The number of rotatable bonds is 4. The van der Waals surface area contributed by atoms with Gasteiger partial charge in [-0.05, 0) is 13.8 Å². The molecular formula is C9H12N2O3. The molecule has 0 saturated heterocycles. The van der Waals surface area contributed by atoms with E-state index in [9.17, 15) is 4.79 Å². The number of carbonyl (C=O) groups is 1. The maximum Gasteiger partial charge on any atom is 0.358 e. The summed E-state index contributed by atoms with van der Waals surface area (Å²) in [6, 6.07) is 0. The van der Waals surface area contributed by atoms with Gasteiger partial charge in [-0.3, -0.25) is 0 Å². The third-order valence-corrected chi connectivity index (χ3v) is 1.40. The fourth-order valence-electron chi connectivity index (χ4n) is 0.849. The average molecular weight is 196 g/mol. The van der Waals surface area contributed by atoms with Gasteiger partial charge in [0.1, 0.15) is 0 Å². The highest BCUT2D eigenvalue weighted by Gasteiger charge is 2.08. The molecule has 0 aliphatic heterocycles. The molecule has 1 aromatic heterocycles. The van der Waals surface area contributed by atoms with E-state index in [2.05, 4.69) is 9.97 Å². The number of carbonyl (C=O) groups excluding carboxylic acids is 1. The van der Waals surface area contributed by atoms with Crippen LogP contribution < -0.4 is 4.74 Å². The molecule has 0 atom stereocenters. The summed E-state index contributed by atoms with van der Waals surface area (Å²) < 4.78 is 9.82. The van der Waals surface area contributed by atoms with Crippen LogP contribution in [0.5, 0.6) is 5.88 Å². The number of nitrogens with zero attached hydrogens (tertiary/aromatic N) is 2. The molecule has 0 aromatic carbocycles. The van der Waals surface area contributed by atoms with Gasteiger partial charge < -0.3 is 9.47 Å². The van der Waals surface area contributed by atoms with Gasteiger partial charge in [-0.25, -0.2) is 14.8 Å². The van der Waals surface area contributed by atoms with Crippen molar-refractivity contribution < 1.29 is 14.3 Å².